The molecule has 1 nitrogen and oxygen atoms in total. The molecule has 1 atom stereocenters. The predicted octanol–water partition coefficient (Wildman–Crippen LogP) is 16.2. The molecule has 12 rings (SSSR count). The Labute approximate surface area is 366 Å². The minimum atomic E-state index is -0.261. The number of hydrogen-bond acceptors (Lipinski definition) is 1. The molecule has 0 radical (unpaired) electrons. The van der Waals surface area contributed by atoms with Gasteiger partial charge in [0.05, 0.1) is 5.41 Å². The standard InChI is InChI=1S/C44H35N.C17H16/c1-43(2)38-17-7-9-19-40(38)44(41-20-10-8-18-39(41)43)36-16-6-5-15-34(36)35-28-31(24-27-37(35)44)29-22-25-32(26-23-29)45-42-21-11-13-30-12-3-4-14-33(30)42;1-13-7-2-4-10-15(13)17-12-6-9-14-8-3-5-11-16(14)17/h3-5,7-15,17-28,45H,6,16H2,1-2H3;2-6,8-13H,7H2,1H3. The first kappa shape index (κ1) is 38.0. The summed E-state index contributed by atoms with van der Waals surface area (Å²) in [5.41, 5.74) is 18.8. The fourth-order valence-electron chi connectivity index (χ4n) is 11.2. The van der Waals surface area contributed by atoms with Crippen LogP contribution >= 0.6 is 0 Å². The van der Waals surface area contributed by atoms with Crippen LogP contribution < -0.4 is 5.32 Å². The summed E-state index contributed by atoms with van der Waals surface area (Å²) in [4.78, 5) is 0. The Morgan fingerprint density at radius 2 is 1.15 bits per heavy atom. The van der Waals surface area contributed by atoms with Crippen LogP contribution in [0.1, 0.15) is 79.0 Å². The molecular formula is C61H51N. The van der Waals surface area contributed by atoms with Gasteiger partial charge in [-0.2, -0.15) is 0 Å². The summed E-state index contributed by atoms with van der Waals surface area (Å²) in [6.45, 7) is 7.09. The number of allylic oxidation sites excluding steroid dienone is 8. The molecule has 8 aromatic rings. The molecule has 1 spiro atoms. The first-order valence-electron chi connectivity index (χ1n) is 22.4. The van der Waals surface area contributed by atoms with Gasteiger partial charge in [-0.15, -0.1) is 0 Å². The highest BCUT2D eigenvalue weighted by Gasteiger charge is 2.54. The van der Waals surface area contributed by atoms with Gasteiger partial charge in [0.15, 0.2) is 0 Å². The third-order valence-electron chi connectivity index (χ3n) is 14.2. The Balaban J connectivity index is 0.000000212. The topological polar surface area (TPSA) is 12.0 Å². The minimum Gasteiger partial charge on any atom is -0.355 e. The van der Waals surface area contributed by atoms with Crippen LogP contribution in [0.25, 0.3) is 43.8 Å². The summed E-state index contributed by atoms with van der Waals surface area (Å²) in [5, 5.41) is 8.82. The van der Waals surface area contributed by atoms with Crippen LogP contribution in [0.3, 0.4) is 0 Å². The molecule has 0 saturated carbocycles. The molecular weight excluding hydrogens is 747 g/mol. The van der Waals surface area contributed by atoms with Crippen molar-refractivity contribution >= 4 is 44.1 Å². The fourth-order valence-corrected chi connectivity index (χ4v) is 11.2. The Kier molecular flexibility index (Phi) is 9.31. The van der Waals surface area contributed by atoms with Crippen LogP contribution in [-0.4, -0.2) is 0 Å². The van der Waals surface area contributed by atoms with Gasteiger partial charge in [-0.3, -0.25) is 0 Å². The largest absolute Gasteiger partial charge is 0.355 e. The van der Waals surface area contributed by atoms with E-state index in [9.17, 15) is 0 Å². The van der Waals surface area contributed by atoms with Gasteiger partial charge >= 0.3 is 0 Å². The van der Waals surface area contributed by atoms with Crippen molar-refractivity contribution in [3.63, 3.8) is 0 Å². The quantitative estimate of drug-likeness (QED) is 0.187. The highest BCUT2D eigenvalue weighted by Crippen LogP contribution is 2.63. The molecule has 300 valence electrons. The SMILES string of the molecule is CC1(C)c2ccccc2C2(C3=C(C=CCC3)c3cc(-c4ccc(Nc5cccc6ccccc56)cc4)ccc32)c2ccccc21.CC1CC=CC=C1c1cccc2ccccc12. The Morgan fingerprint density at radius 1 is 0.532 bits per heavy atom. The molecule has 0 fully saturated rings. The number of anilines is 2. The second kappa shape index (κ2) is 15.2. The van der Waals surface area contributed by atoms with E-state index in [1.165, 1.54) is 82.8 Å². The number of hydrogen-bond donors (Lipinski definition) is 1. The lowest BCUT2D eigenvalue weighted by Crippen LogP contribution is -2.41. The van der Waals surface area contributed by atoms with Crippen LogP contribution in [0.5, 0.6) is 0 Å². The zero-order valence-corrected chi connectivity index (χ0v) is 35.8. The number of fused-ring (bicyclic) bond motifs is 10. The third kappa shape index (κ3) is 6.05. The van der Waals surface area contributed by atoms with E-state index < -0.39 is 0 Å². The van der Waals surface area contributed by atoms with Gasteiger partial charge in [-0.1, -0.05) is 203 Å². The van der Waals surface area contributed by atoms with Gasteiger partial charge in [0.25, 0.3) is 0 Å². The maximum atomic E-state index is 3.65. The average molecular weight is 798 g/mol. The van der Waals surface area contributed by atoms with Gasteiger partial charge in [-0.05, 0) is 132 Å². The molecule has 0 heterocycles. The highest BCUT2D eigenvalue weighted by atomic mass is 14.9. The van der Waals surface area contributed by atoms with Gasteiger partial charge in [0.1, 0.15) is 0 Å². The molecule has 1 N–H and O–H groups in total. The molecule has 1 unspecified atom stereocenters. The van der Waals surface area contributed by atoms with Crippen molar-refractivity contribution in [1.29, 1.82) is 0 Å². The van der Waals surface area contributed by atoms with Gasteiger partial charge in [0.2, 0.25) is 0 Å². The lowest BCUT2D eigenvalue weighted by atomic mass is 9.54. The lowest BCUT2D eigenvalue weighted by Gasteiger charge is -2.47. The summed E-state index contributed by atoms with van der Waals surface area (Å²) < 4.78 is 0. The van der Waals surface area contributed by atoms with Crippen molar-refractivity contribution in [2.24, 2.45) is 5.92 Å². The third-order valence-corrected chi connectivity index (χ3v) is 14.2. The van der Waals surface area contributed by atoms with Crippen LogP contribution in [0, 0.1) is 5.92 Å². The van der Waals surface area contributed by atoms with E-state index in [4.69, 9.17) is 0 Å². The highest BCUT2D eigenvalue weighted by molar-refractivity contribution is 5.97. The molecule has 0 saturated heterocycles. The van der Waals surface area contributed by atoms with Gasteiger partial charge in [0, 0.05) is 22.2 Å². The fraction of sp³-hybridized carbons (Fsp3) is 0.148. The van der Waals surface area contributed by atoms with Crippen molar-refractivity contribution in [3.05, 3.63) is 251 Å². The Bertz CT molecular complexity index is 3110. The first-order valence-corrected chi connectivity index (χ1v) is 22.4. The van der Waals surface area contributed by atoms with Crippen molar-refractivity contribution < 1.29 is 0 Å². The molecule has 4 aliphatic rings. The van der Waals surface area contributed by atoms with Gasteiger partial charge < -0.3 is 5.32 Å². The smallest absolute Gasteiger partial charge is 0.0682 e. The number of nitrogens with one attached hydrogen (secondary N) is 1. The second-order valence-corrected chi connectivity index (χ2v) is 18.0. The zero-order chi connectivity index (χ0) is 41.8. The molecule has 8 aromatic carbocycles. The molecule has 1 heteroatoms. The van der Waals surface area contributed by atoms with Crippen LogP contribution in [0.4, 0.5) is 11.4 Å². The molecule has 0 amide bonds. The zero-order valence-electron chi connectivity index (χ0n) is 35.8. The van der Waals surface area contributed by atoms with E-state index in [-0.39, 0.29) is 10.8 Å². The molecule has 4 aliphatic carbocycles. The van der Waals surface area contributed by atoms with E-state index in [0.717, 1.165) is 30.6 Å². The van der Waals surface area contributed by atoms with Crippen molar-refractivity contribution in [2.75, 3.05) is 5.32 Å². The number of rotatable bonds is 4. The first-order chi connectivity index (χ1) is 30.4. The summed E-state index contributed by atoms with van der Waals surface area (Å²) in [5.74, 6) is 0.616. The van der Waals surface area contributed by atoms with E-state index in [0.29, 0.717) is 5.92 Å². The van der Waals surface area contributed by atoms with Crippen LogP contribution in [-0.2, 0) is 10.8 Å². The van der Waals surface area contributed by atoms with Crippen molar-refractivity contribution in [1.82, 2.24) is 0 Å². The summed E-state index contributed by atoms with van der Waals surface area (Å²) in [6.07, 6.45) is 14.8. The second-order valence-electron chi connectivity index (χ2n) is 18.0. The molecule has 0 bridgehead atoms. The van der Waals surface area contributed by atoms with Crippen molar-refractivity contribution in [3.8, 4) is 11.1 Å². The monoisotopic (exact) mass is 797 g/mol. The summed E-state index contributed by atoms with van der Waals surface area (Å²) in [7, 11) is 0. The van der Waals surface area contributed by atoms with Gasteiger partial charge in [-0.25, -0.2) is 0 Å². The maximum absolute atomic E-state index is 3.65. The van der Waals surface area contributed by atoms with E-state index in [1.807, 2.05) is 0 Å². The van der Waals surface area contributed by atoms with E-state index in [1.54, 1.807) is 5.57 Å². The number of benzene rings is 8. The summed E-state index contributed by atoms with van der Waals surface area (Å²) in [6, 6.07) is 64.8. The predicted molar refractivity (Wildman–Crippen MR) is 264 cm³/mol. The van der Waals surface area contributed by atoms with Crippen LogP contribution in [0.15, 0.2) is 212 Å². The molecule has 62 heavy (non-hydrogen) atoms. The minimum absolute atomic E-state index is 0.0613. The Morgan fingerprint density at radius 3 is 1.87 bits per heavy atom. The lowest BCUT2D eigenvalue weighted by molar-refractivity contribution is 0.550. The average Bonchev–Trinajstić information content (AvgIpc) is 3.62. The maximum Gasteiger partial charge on any atom is 0.0682 e. The van der Waals surface area contributed by atoms with Crippen molar-refractivity contribution in [2.45, 2.75) is 50.9 Å². The summed E-state index contributed by atoms with van der Waals surface area (Å²) >= 11 is 0. The Hall–Kier alpha value is -6.96. The molecule has 0 aliphatic heterocycles. The molecule has 0 aromatic heterocycles. The van der Waals surface area contributed by atoms with Crippen LogP contribution in [0.2, 0.25) is 0 Å². The normalized spacial score (nSPS) is 17.4. The van der Waals surface area contributed by atoms with E-state index in [2.05, 4.69) is 232 Å². The van der Waals surface area contributed by atoms with E-state index >= 15 is 0 Å².